The average Bonchev–Trinajstić information content (AvgIpc) is 2.57. The lowest BCUT2D eigenvalue weighted by atomic mass is 9.68. The SMILES string of the molecule is CC(C)(O)CCCCCC(=O)C(C)(C)N(CCC(C)(C)O)C(C)(C)C(C)(C)CCNC(C)(C)C. The Labute approximate surface area is 212 Å². The van der Waals surface area contributed by atoms with Gasteiger partial charge in [0, 0.05) is 24.0 Å². The van der Waals surface area contributed by atoms with Crippen molar-refractivity contribution in [3.8, 4) is 0 Å². The molecule has 0 amide bonds. The third-order valence-corrected chi connectivity index (χ3v) is 7.73. The van der Waals surface area contributed by atoms with Gasteiger partial charge in [-0.25, -0.2) is 0 Å². The first-order valence-electron chi connectivity index (χ1n) is 13.4. The van der Waals surface area contributed by atoms with Crippen LogP contribution in [0, 0.1) is 5.41 Å². The Bertz CT molecular complexity index is 617. The van der Waals surface area contributed by atoms with E-state index in [4.69, 9.17) is 0 Å². The van der Waals surface area contributed by atoms with E-state index < -0.39 is 16.7 Å². The summed E-state index contributed by atoms with van der Waals surface area (Å²) in [5.41, 5.74) is -2.33. The number of aliphatic hydroxyl groups is 2. The Balaban J connectivity index is 5.60. The molecule has 0 radical (unpaired) electrons. The van der Waals surface area contributed by atoms with Gasteiger partial charge in [0.25, 0.3) is 0 Å². The van der Waals surface area contributed by atoms with E-state index in [9.17, 15) is 15.0 Å². The molecule has 0 aliphatic rings. The lowest BCUT2D eigenvalue weighted by molar-refractivity contribution is -0.140. The summed E-state index contributed by atoms with van der Waals surface area (Å²) in [5, 5.41) is 24.0. The minimum atomic E-state index is -0.789. The maximum absolute atomic E-state index is 13.5. The van der Waals surface area contributed by atoms with Gasteiger partial charge in [-0.3, -0.25) is 9.69 Å². The van der Waals surface area contributed by atoms with Crippen LogP contribution >= 0.6 is 0 Å². The van der Waals surface area contributed by atoms with Gasteiger partial charge < -0.3 is 15.5 Å². The molecular weight excluding hydrogens is 424 g/mol. The first-order chi connectivity index (χ1) is 14.9. The van der Waals surface area contributed by atoms with Gasteiger partial charge in [0.2, 0.25) is 0 Å². The Morgan fingerprint density at radius 1 is 0.706 bits per heavy atom. The van der Waals surface area contributed by atoms with Crippen LogP contribution in [0.5, 0.6) is 0 Å². The predicted molar refractivity (Wildman–Crippen MR) is 146 cm³/mol. The number of nitrogens with zero attached hydrogens (tertiary/aromatic N) is 1. The molecule has 0 aliphatic carbocycles. The van der Waals surface area contributed by atoms with Gasteiger partial charge in [0.1, 0.15) is 0 Å². The van der Waals surface area contributed by atoms with E-state index >= 15 is 0 Å². The third-order valence-electron chi connectivity index (χ3n) is 7.73. The van der Waals surface area contributed by atoms with Crippen LogP contribution in [0.25, 0.3) is 0 Å². The maximum atomic E-state index is 13.5. The molecule has 0 heterocycles. The molecule has 0 aromatic heterocycles. The molecule has 3 N–H and O–H groups in total. The number of Topliss-reactive ketones (excluding diaryl/α,β-unsaturated/α-hetero) is 1. The Morgan fingerprint density at radius 3 is 1.65 bits per heavy atom. The summed E-state index contributed by atoms with van der Waals surface area (Å²) in [6.07, 6.45) is 5.61. The second-order valence-electron chi connectivity index (χ2n) is 14.4. The average molecular weight is 485 g/mol. The van der Waals surface area contributed by atoms with Crippen molar-refractivity contribution in [2.45, 2.75) is 163 Å². The number of hydrogen-bond acceptors (Lipinski definition) is 5. The second kappa shape index (κ2) is 12.2. The molecule has 5 heteroatoms. The molecule has 5 nitrogen and oxygen atoms in total. The van der Waals surface area contributed by atoms with Gasteiger partial charge in [-0.2, -0.15) is 0 Å². The smallest absolute Gasteiger partial charge is 0.152 e. The zero-order valence-electron chi connectivity index (χ0n) is 25.1. The molecule has 0 atom stereocenters. The van der Waals surface area contributed by atoms with E-state index in [-0.39, 0.29) is 22.3 Å². The fraction of sp³-hybridized carbons (Fsp3) is 0.966. The van der Waals surface area contributed by atoms with E-state index in [2.05, 4.69) is 72.5 Å². The molecule has 0 spiro atoms. The van der Waals surface area contributed by atoms with Gasteiger partial charge in [0.15, 0.2) is 5.78 Å². The Morgan fingerprint density at radius 2 is 1.21 bits per heavy atom. The van der Waals surface area contributed by atoms with Gasteiger partial charge >= 0.3 is 0 Å². The van der Waals surface area contributed by atoms with Crippen LogP contribution in [0.3, 0.4) is 0 Å². The number of carbonyl (C=O) groups is 1. The van der Waals surface area contributed by atoms with Crippen molar-refractivity contribution in [1.82, 2.24) is 10.2 Å². The minimum absolute atomic E-state index is 0.0604. The van der Waals surface area contributed by atoms with Crippen molar-refractivity contribution < 1.29 is 15.0 Å². The molecule has 0 fully saturated rings. The fourth-order valence-electron chi connectivity index (χ4n) is 4.54. The lowest BCUT2D eigenvalue weighted by Crippen LogP contribution is -2.65. The lowest BCUT2D eigenvalue weighted by Gasteiger charge is -2.56. The van der Waals surface area contributed by atoms with Crippen molar-refractivity contribution in [3.63, 3.8) is 0 Å². The maximum Gasteiger partial charge on any atom is 0.152 e. The van der Waals surface area contributed by atoms with Crippen LogP contribution in [0.2, 0.25) is 0 Å². The van der Waals surface area contributed by atoms with Crippen LogP contribution in [0.15, 0.2) is 0 Å². The monoisotopic (exact) mass is 484 g/mol. The van der Waals surface area contributed by atoms with E-state index in [1.165, 1.54) is 0 Å². The van der Waals surface area contributed by atoms with E-state index in [1.807, 2.05) is 27.7 Å². The van der Waals surface area contributed by atoms with Crippen LogP contribution in [0.4, 0.5) is 0 Å². The zero-order chi connectivity index (χ0) is 27.2. The summed E-state index contributed by atoms with van der Waals surface area (Å²) < 4.78 is 0. The molecule has 0 rings (SSSR count). The molecule has 34 heavy (non-hydrogen) atoms. The molecule has 0 aromatic carbocycles. The van der Waals surface area contributed by atoms with E-state index in [0.29, 0.717) is 19.4 Å². The molecular formula is C29H60N2O3. The molecule has 0 aliphatic heterocycles. The summed E-state index contributed by atoms with van der Waals surface area (Å²) in [4.78, 5) is 15.9. The molecule has 204 valence electrons. The summed E-state index contributed by atoms with van der Waals surface area (Å²) in [7, 11) is 0. The first kappa shape index (κ1) is 33.5. The third kappa shape index (κ3) is 12.0. The highest BCUT2D eigenvalue weighted by molar-refractivity contribution is 5.87. The predicted octanol–water partition coefficient (Wildman–Crippen LogP) is 6.10. The summed E-state index contributed by atoms with van der Waals surface area (Å²) in [6.45, 7) is 28.7. The van der Waals surface area contributed by atoms with Crippen molar-refractivity contribution in [1.29, 1.82) is 0 Å². The van der Waals surface area contributed by atoms with Gasteiger partial charge in [-0.1, -0.05) is 26.7 Å². The summed E-state index contributed by atoms with van der Waals surface area (Å²) in [5.74, 6) is 0.253. The minimum Gasteiger partial charge on any atom is -0.390 e. The zero-order valence-corrected chi connectivity index (χ0v) is 25.1. The first-order valence-corrected chi connectivity index (χ1v) is 13.4. The molecule has 0 unspecified atom stereocenters. The van der Waals surface area contributed by atoms with E-state index in [0.717, 1.165) is 38.6 Å². The van der Waals surface area contributed by atoms with E-state index in [1.54, 1.807) is 0 Å². The number of ketones is 1. The largest absolute Gasteiger partial charge is 0.390 e. The Hall–Kier alpha value is -0.490. The normalized spacial score (nSPS) is 14.7. The molecule has 0 saturated heterocycles. The Kier molecular flexibility index (Phi) is 12.0. The van der Waals surface area contributed by atoms with Crippen molar-refractivity contribution in [2.75, 3.05) is 13.1 Å². The molecule has 0 aromatic rings. The van der Waals surface area contributed by atoms with Gasteiger partial charge in [-0.15, -0.1) is 0 Å². The topological polar surface area (TPSA) is 72.8 Å². The summed E-state index contributed by atoms with van der Waals surface area (Å²) in [6, 6.07) is 0. The van der Waals surface area contributed by atoms with Gasteiger partial charge in [-0.05, 0) is 114 Å². The second-order valence-corrected chi connectivity index (χ2v) is 14.4. The van der Waals surface area contributed by atoms with Crippen molar-refractivity contribution in [2.24, 2.45) is 5.41 Å². The summed E-state index contributed by atoms with van der Waals surface area (Å²) >= 11 is 0. The number of rotatable bonds is 16. The highest BCUT2D eigenvalue weighted by Crippen LogP contribution is 2.43. The number of nitrogens with one attached hydrogen (secondary N) is 1. The highest BCUT2D eigenvalue weighted by Gasteiger charge is 2.49. The molecule has 0 saturated carbocycles. The van der Waals surface area contributed by atoms with Crippen LogP contribution in [-0.4, -0.2) is 61.8 Å². The fourth-order valence-corrected chi connectivity index (χ4v) is 4.54. The van der Waals surface area contributed by atoms with Crippen LogP contribution in [0.1, 0.15) is 135 Å². The highest BCUT2D eigenvalue weighted by atomic mass is 16.3. The van der Waals surface area contributed by atoms with Crippen molar-refractivity contribution >= 4 is 5.78 Å². The standard InChI is InChI=1S/C29H60N2O3/c1-24(2,3)30-21-19-25(4,5)29(12,13)31(22-20-27(8,9)34)28(10,11)23(32)17-15-14-16-18-26(6,7)33/h30,33-34H,14-22H2,1-13H3. The quantitative estimate of drug-likeness (QED) is 0.231. The number of carbonyl (C=O) groups excluding carboxylic acids is 1. The van der Waals surface area contributed by atoms with Gasteiger partial charge in [0.05, 0.1) is 16.7 Å². The number of unbranched alkanes of at least 4 members (excludes halogenated alkanes) is 2. The molecule has 0 bridgehead atoms. The van der Waals surface area contributed by atoms with Crippen LogP contribution in [-0.2, 0) is 4.79 Å². The number of hydrogen-bond donors (Lipinski definition) is 3. The van der Waals surface area contributed by atoms with Crippen LogP contribution < -0.4 is 5.32 Å². The van der Waals surface area contributed by atoms with Crippen molar-refractivity contribution in [3.05, 3.63) is 0 Å².